The molecule has 0 aliphatic heterocycles. The SMILES string of the molecule is COc1cccc(N(C)C(C)CSC)c1[C@@H](C)O. The summed E-state index contributed by atoms with van der Waals surface area (Å²) in [6.07, 6.45) is 1.56. The molecule has 3 nitrogen and oxygen atoms in total. The van der Waals surface area contributed by atoms with Gasteiger partial charge < -0.3 is 14.7 Å². The molecule has 0 radical (unpaired) electrons. The third-order valence-corrected chi connectivity index (χ3v) is 3.95. The number of anilines is 1. The maximum atomic E-state index is 9.97. The molecule has 1 unspecified atom stereocenters. The van der Waals surface area contributed by atoms with E-state index in [2.05, 4.69) is 25.1 Å². The van der Waals surface area contributed by atoms with Gasteiger partial charge in [-0.05, 0) is 32.2 Å². The molecule has 0 bridgehead atoms. The Kier molecular flexibility index (Phi) is 5.82. The van der Waals surface area contributed by atoms with Gasteiger partial charge in [0.25, 0.3) is 0 Å². The lowest BCUT2D eigenvalue weighted by Crippen LogP contribution is -2.31. The van der Waals surface area contributed by atoms with E-state index in [0.717, 1.165) is 22.8 Å². The number of nitrogens with zero attached hydrogens (tertiary/aromatic N) is 1. The normalized spacial score (nSPS) is 14.1. The monoisotopic (exact) mass is 269 g/mol. The minimum atomic E-state index is -0.542. The van der Waals surface area contributed by atoms with Gasteiger partial charge in [-0.15, -0.1) is 0 Å². The summed E-state index contributed by atoms with van der Waals surface area (Å²) in [7, 11) is 3.69. The van der Waals surface area contributed by atoms with Crippen molar-refractivity contribution in [2.75, 3.05) is 31.1 Å². The Morgan fingerprint density at radius 1 is 1.39 bits per heavy atom. The summed E-state index contributed by atoms with van der Waals surface area (Å²) in [5.41, 5.74) is 1.89. The summed E-state index contributed by atoms with van der Waals surface area (Å²) in [5, 5.41) is 9.97. The van der Waals surface area contributed by atoms with Crippen molar-refractivity contribution in [2.45, 2.75) is 26.0 Å². The van der Waals surface area contributed by atoms with Crippen molar-refractivity contribution in [3.8, 4) is 5.75 Å². The molecule has 0 amide bonds. The lowest BCUT2D eigenvalue weighted by Gasteiger charge is -2.30. The van der Waals surface area contributed by atoms with Crippen LogP contribution in [0.1, 0.15) is 25.5 Å². The highest BCUT2D eigenvalue weighted by molar-refractivity contribution is 7.98. The Morgan fingerprint density at radius 2 is 2.06 bits per heavy atom. The van der Waals surface area contributed by atoms with Gasteiger partial charge in [0.15, 0.2) is 0 Å². The molecule has 18 heavy (non-hydrogen) atoms. The van der Waals surface area contributed by atoms with Crippen molar-refractivity contribution >= 4 is 17.4 Å². The van der Waals surface area contributed by atoms with E-state index in [-0.39, 0.29) is 0 Å². The maximum absolute atomic E-state index is 9.97. The van der Waals surface area contributed by atoms with Crippen molar-refractivity contribution < 1.29 is 9.84 Å². The van der Waals surface area contributed by atoms with Crippen LogP contribution < -0.4 is 9.64 Å². The zero-order chi connectivity index (χ0) is 13.7. The number of aliphatic hydroxyl groups is 1. The molecule has 0 aliphatic carbocycles. The number of aliphatic hydroxyl groups excluding tert-OH is 1. The molecule has 0 fully saturated rings. The Labute approximate surface area is 114 Å². The smallest absolute Gasteiger partial charge is 0.126 e. The zero-order valence-electron chi connectivity index (χ0n) is 11.8. The van der Waals surface area contributed by atoms with Gasteiger partial charge in [-0.2, -0.15) is 11.8 Å². The van der Waals surface area contributed by atoms with E-state index >= 15 is 0 Å². The Hall–Kier alpha value is -0.870. The Morgan fingerprint density at radius 3 is 2.56 bits per heavy atom. The molecule has 2 atom stereocenters. The molecule has 1 aromatic carbocycles. The molecule has 0 heterocycles. The lowest BCUT2D eigenvalue weighted by atomic mass is 10.1. The number of benzene rings is 1. The van der Waals surface area contributed by atoms with Crippen LogP contribution in [0.5, 0.6) is 5.75 Å². The van der Waals surface area contributed by atoms with Crippen molar-refractivity contribution in [3.05, 3.63) is 23.8 Å². The molecular formula is C14H23NO2S. The second kappa shape index (κ2) is 6.90. The van der Waals surface area contributed by atoms with Gasteiger partial charge in [-0.1, -0.05) is 6.07 Å². The fourth-order valence-corrected chi connectivity index (χ4v) is 2.73. The minimum absolute atomic E-state index is 0.407. The highest BCUT2D eigenvalue weighted by Gasteiger charge is 2.19. The van der Waals surface area contributed by atoms with Crippen LogP contribution in [0.3, 0.4) is 0 Å². The van der Waals surface area contributed by atoms with Gasteiger partial charge in [-0.25, -0.2) is 0 Å². The molecule has 1 aromatic rings. The van der Waals surface area contributed by atoms with Gasteiger partial charge in [0, 0.05) is 30.1 Å². The Balaban J connectivity index is 3.14. The van der Waals surface area contributed by atoms with Crippen LogP contribution in [0.4, 0.5) is 5.69 Å². The first-order valence-electron chi connectivity index (χ1n) is 6.09. The van der Waals surface area contributed by atoms with Crippen molar-refractivity contribution in [2.24, 2.45) is 0 Å². The van der Waals surface area contributed by atoms with Crippen LogP contribution in [0.15, 0.2) is 18.2 Å². The van der Waals surface area contributed by atoms with Crippen LogP contribution >= 0.6 is 11.8 Å². The van der Waals surface area contributed by atoms with Crippen LogP contribution in [-0.2, 0) is 0 Å². The Bertz CT molecular complexity index is 382. The molecule has 0 saturated carbocycles. The molecule has 102 valence electrons. The fraction of sp³-hybridized carbons (Fsp3) is 0.571. The first-order chi connectivity index (χ1) is 8.52. The number of methoxy groups -OCH3 is 1. The predicted molar refractivity (Wildman–Crippen MR) is 79.9 cm³/mol. The summed E-state index contributed by atoms with van der Waals surface area (Å²) in [6, 6.07) is 6.28. The standard InChI is InChI=1S/C14H23NO2S/c1-10(9-18-5)15(3)12-7-6-8-13(17-4)14(12)11(2)16/h6-8,10-11,16H,9H2,1-5H3/t10?,11-/m1/s1. The summed E-state index contributed by atoms with van der Waals surface area (Å²) >= 11 is 1.82. The third-order valence-electron chi connectivity index (χ3n) is 3.13. The first-order valence-corrected chi connectivity index (χ1v) is 7.49. The van der Waals surface area contributed by atoms with E-state index in [1.54, 1.807) is 14.0 Å². The molecule has 0 spiro atoms. The molecule has 4 heteroatoms. The van der Waals surface area contributed by atoms with E-state index in [1.165, 1.54) is 0 Å². The van der Waals surface area contributed by atoms with Crippen molar-refractivity contribution in [3.63, 3.8) is 0 Å². The minimum Gasteiger partial charge on any atom is -0.496 e. The first kappa shape index (κ1) is 15.2. The molecule has 0 aromatic heterocycles. The van der Waals surface area contributed by atoms with Crippen LogP contribution in [0.25, 0.3) is 0 Å². The van der Waals surface area contributed by atoms with Crippen molar-refractivity contribution in [1.29, 1.82) is 0 Å². The number of hydrogen-bond donors (Lipinski definition) is 1. The summed E-state index contributed by atoms with van der Waals surface area (Å²) in [5.74, 6) is 1.79. The van der Waals surface area contributed by atoms with E-state index in [4.69, 9.17) is 4.74 Å². The number of ether oxygens (including phenoxy) is 1. The summed E-state index contributed by atoms with van der Waals surface area (Å²) in [6.45, 7) is 3.95. The molecular weight excluding hydrogens is 246 g/mol. The predicted octanol–water partition coefficient (Wildman–Crippen LogP) is 2.94. The van der Waals surface area contributed by atoms with Crippen LogP contribution in [-0.4, -0.2) is 37.3 Å². The van der Waals surface area contributed by atoms with Gasteiger partial charge in [0.05, 0.1) is 13.2 Å². The van der Waals surface area contributed by atoms with E-state index in [9.17, 15) is 5.11 Å². The number of rotatable bonds is 6. The van der Waals surface area contributed by atoms with E-state index < -0.39 is 6.10 Å². The van der Waals surface area contributed by atoms with Gasteiger partial charge in [-0.3, -0.25) is 0 Å². The van der Waals surface area contributed by atoms with Gasteiger partial charge in [0.1, 0.15) is 5.75 Å². The quantitative estimate of drug-likeness (QED) is 0.860. The molecule has 0 saturated heterocycles. The summed E-state index contributed by atoms with van der Waals surface area (Å²) < 4.78 is 5.35. The maximum Gasteiger partial charge on any atom is 0.126 e. The zero-order valence-corrected chi connectivity index (χ0v) is 12.6. The highest BCUT2D eigenvalue weighted by atomic mass is 32.2. The number of hydrogen-bond acceptors (Lipinski definition) is 4. The highest BCUT2D eigenvalue weighted by Crippen LogP contribution is 2.34. The van der Waals surface area contributed by atoms with Crippen LogP contribution in [0.2, 0.25) is 0 Å². The lowest BCUT2D eigenvalue weighted by molar-refractivity contribution is 0.194. The van der Waals surface area contributed by atoms with Gasteiger partial charge >= 0.3 is 0 Å². The number of thioether (sulfide) groups is 1. The topological polar surface area (TPSA) is 32.7 Å². The average molecular weight is 269 g/mol. The largest absolute Gasteiger partial charge is 0.496 e. The van der Waals surface area contributed by atoms with Gasteiger partial charge in [0.2, 0.25) is 0 Å². The van der Waals surface area contributed by atoms with E-state index in [1.807, 2.05) is 30.0 Å². The van der Waals surface area contributed by atoms with E-state index in [0.29, 0.717) is 6.04 Å². The molecule has 1 N–H and O–H groups in total. The summed E-state index contributed by atoms with van der Waals surface area (Å²) in [4.78, 5) is 2.20. The second-order valence-corrected chi connectivity index (χ2v) is 5.39. The van der Waals surface area contributed by atoms with Crippen molar-refractivity contribution in [1.82, 2.24) is 0 Å². The molecule has 0 aliphatic rings. The second-order valence-electron chi connectivity index (χ2n) is 4.48. The molecule has 1 rings (SSSR count). The third kappa shape index (κ3) is 3.33. The van der Waals surface area contributed by atoms with Crippen LogP contribution in [0, 0.1) is 0 Å². The fourth-order valence-electron chi connectivity index (χ4n) is 2.03. The average Bonchev–Trinajstić information content (AvgIpc) is 2.36.